The minimum atomic E-state index is -3.61. The number of carbonyl (C=O) groups is 1. The van der Waals surface area contributed by atoms with Gasteiger partial charge in [0.05, 0.1) is 18.0 Å². The van der Waals surface area contributed by atoms with E-state index in [1.165, 1.54) is 30.3 Å². The molecule has 0 saturated carbocycles. The number of sulfonamides is 1. The molecule has 2 aromatic carbocycles. The van der Waals surface area contributed by atoms with Gasteiger partial charge in [-0.1, -0.05) is 34.1 Å². The van der Waals surface area contributed by atoms with Gasteiger partial charge in [0, 0.05) is 23.1 Å². The molecule has 1 atom stereocenters. The highest BCUT2D eigenvalue weighted by atomic mass is 79.9. The molecule has 8 heteroatoms. The van der Waals surface area contributed by atoms with Crippen molar-refractivity contribution in [1.82, 2.24) is 9.62 Å². The molecule has 1 amide bonds. The molecule has 1 saturated heterocycles. The molecule has 148 valence electrons. The Morgan fingerprint density at radius 2 is 1.89 bits per heavy atom. The number of carbonyl (C=O) groups excluding carboxylic acids is 1. The van der Waals surface area contributed by atoms with Gasteiger partial charge in [-0.15, -0.1) is 6.58 Å². The molecule has 1 aliphatic heterocycles. The fraction of sp³-hybridized carbons (Fsp3) is 0.250. The lowest BCUT2D eigenvalue weighted by atomic mass is 10.1. The molecular formula is C20H21BrN2O4S. The summed E-state index contributed by atoms with van der Waals surface area (Å²) in [4.78, 5) is 14.7. The lowest BCUT2D eigenvalue weighted by Crippen LogP contribution is -2.42. The zero-order valence-corrected chi connectivity index (χ0v) is 17.6. The summed E-state index contributed by atoms with van der Waals surface area (Å²) in [6, 6.07) is 13.8. The second kappa shape index (κ2) is 9.00. The molecule has 1 N–H and O–H groups in total. The first kappa shape index (κ1) is 20.7. The van der Waals surface area contributed by atoms with Crippen molar-refractivity contribution in [1.29, 1.82) is 0 Å². The van der Waals surface area contributed by atoms with Crippen molar-refractivity contribution in [2.45, 2.75) is 11.0 Å². The van der Waals surface area contributed by atoms with Crippen molar-refractivity contribution in [3.63, 3.8) is 0 Å². The van der Waals surface area contributed by atoms with E-state index >= 15 is 0 Å². The fourth-order valence-corrected chi connectivity index (χ4v) is 4.19. The normalized spacial score (nSPS) is 17.3. The second-order valence-electron chi connectivity index (χ2n) is 6.33. The van der Waals surface area contributed by atoms with Gasteiger partial charge in [-0.3, -0.25) is 4.79 Å². The van der Waals surface area contributed by atoms with E-state index in [4.69, 9.17) is 4.74 Å². The average Bonchev–Trinajstić information content (AvgIpc) is 2.72. The molecule has 28 heavy (non-hydrogen) atoms. The first-order valence-electron chi connectivity index (χ1n) is 8.77. The summed E-state index contributed by atoms with van der Waals surface area (Å²) in [6.07, 6.45) is 1.28. The minimum absolute atomic E-state index is 0.112. The molecule has 0 spiro atoms. The molecule has 1 heterocycles. The molecule has 1 fully saturated rings. The highest BCUT2D eigenvalue weighted by Gasteiger charge is 2.26. The van der Waals surface area contributed by atoms with Gasteiger partial charge in [-0.25, -0.2) is 13.1 Å². The van der Waals surface area contributed by atoms with Crippen LogP contribution >= 0.6 is 15.9 Å². The summed E-state index contributed by atoms with van der Waals surface area (Å²) in [5.74, 6) is -0.145. The van der Waals surface area contributed by atoms with Gasteiger partial charge in [-0.2, -0.15) is 0 Å². The third-order valence-electron chi connectivity index (χ3n) is 4.42. The monoisotopic (exact) mass is 464 g/mol. The number of nitrogens with one attached hydrogen (secondary N) is 1. The van der Waals surface area contributed by atoms with Crippen LogP contribution in [0.4, 0.5) is 0 Å². The van der Waals surface area contributed by atoms with Crippen LogP contribution in [0.1, 0.15) is 22.0 Å². The van der Waals surface area contributed by atoms with E-state index < -0.39 is 10.0 Å². The number of nitrogens with zero attached hydrogens (tertiary/aromatic N) is 1. The number of hydrogen-bond donors (Lipinski definition) is 1. The quantitative estimate of drug-likeness (QED) is 0.666. The Labute approximate surface area is 173 Å². The topological polar surface area (TPSA) is 75.7 Å². The van der Waals surface area contributed by atoms with Crippen LogP contribution in [-0.4, -0.2) is 45.5 Å². The van der Waals surface area contributed by atoms with Gasteiger partial charge in [0.15, 0.2) is 0 Å². The maximum Gasteiger partial charge on any atom is 0.254 e. The van der Waals surface area contributed by atoms with Crippen LogP contribution in [0.3, 0.4) is 0 Å². The summed E-state index contributed by atoms with van der Waals surface area (Å²) in [5, 5.41) is 0. The molecule has 0 aliphatic carbocycles. The van der Waals surface area contributed by atoms with Crippen molar-refractivity contribution in [3.05, 3.63) is 76.8 Å². The van der Waals surface area contributed by atoms with Gasteiger partial charge in [0.1, 0.15) is 6.10 Å². The highest BCUT2D eigenvalue weighted by Crippen LogP contribution is 2.25. The number of rotatable bonds is 6. The molecule has 6 nitrogen and oxygen atoms in total. The number of hydrogen-bond acceptors (Lipinski definition) is 4. The van der Waals surface area contributed by atoms with E-state index in [9.17, 15) is 13.2 Å². The first-order valence-corrected chi connectivity index (χ1v) is 11.1. The van der Waals surface area contributed by atoms with Crippen molar-refractivity contribution in [3.8, 4) is 0 Å². The van der Waals surface area contributed by atoms with Crippen molar-refractivity contribution >= 4 is 31.9 Å². The van der Waals surface area contributed by atoms with Crippen molar-refractivity contribution in [2.24, 2.45) is 0 Å². The Balaban J connectivity index is 1.71. The smallest absolute Gasteiger partial charge is 0.254 e. The maximum absolute atomic E-state index is 12.8. The Morgan fingerprint density at radius 1 is 1.21 bits per heavy atom. The largest absolute Gasteiger partial charge is 0.370 e. The van der Waals surface area contributed by atoms with E-state index in [-0.39, 0.29) is 23.5 Å². The van der Waals surface area contributed by atoms with Crippen LogP contribution in [-0.2, 0) is 14.8 Å². The van der Waals surface area contributed by atoms with Crippen LogP contribution in [0.15, 0.2) is 70.6 Å². The Kier molecular flexibility index (Phi) is 6.66. The number of benzene rings is 2. The van der Waals surface area contributed by atoms with Crippen molar-refractivity contribution in [2.75, 3.05) is 26.2 Å². The SMILES string of the molecule is C=CCNS(=O)(=O)c1ccc(C(=O)N2CCOC(c3ccc(Br)cc3)C2)cc1. The van der Waals surface area contributed by atoms with Crippen LogP contribution in [0.5, 0.6) is 0 Å². The summed E-state index contributed by atoms with van der Waals surface area (Å²) in [5.41, 5.74) is 1.45. The van der Waals surface area contributed by atoms with Gasteiger partial charge in [0.2, 0.25) is 10.0 Å². The zero-order valence-electron chi connectivity index (χ0n) is 15.2. The van der Waals surface area contributed by atoms with Crippen LogP contribution in [0.25, 0.3) is 0 Å². The predicted octanol–water partition coefficient (Wildman–Crippen LogP) is 3.13. The summed E-state index contributed by atoms with van der Waals surface area (Å²) in [6.45, 7) is 5.02. The third kappa shape index (κ3) is 4.88. The Hall–Kier alpha value is -2.00. The van der Waals surface area contributed by atoms with E-state index in [0.29, 0.717) is 25.3 Å². The number of ether oxygens (including phenoxy) is 1. The zero-order chi connectivity index (χ0) is 20.1. The molecule has 0 bridgehead atoms. The minimum Gasteiger partial charge on any atom is -0.370 e. The summed E-state index contributed by atoms with van der Waals surface area (Å²) in [7, 11) is -3.61. The van der Waals surface area contributed by atoms with Crippen molar-refractivity contribution < 1.29 is 17.9 Å². The van der Waals surface area contributed by atoms with E-state index in [0.717, 1.165) is 10.0 Å². The summed E-state index contributed by atoms with van der Waals surface area (Å²) < 4.78 is 33.5. The average molecular weight is 465 g/mol. The first-order chi connectivity index (χ1) is 13.4. The van der Waals surface area contributed by atoms with Gasteiger partial charge in [-0.05, 0) is 42.0 Å². The molecule has 0 aromatic heterocycles. The molecule has 3 rings (SSSR count). The van der Waals surface area contributed by atoms with E-state index in [1.54, 1.807) is 4.90 Å². The van der Waals surface area contributed by atoms with Gasteiger partial charge >= 0.3 is 0 Å². The second-order valence-corrected chi connectivity index (χ2v) is 9.01. The molecule has 0 radical (unpaired) electrons. The number of morpholine rings is 1. The Morgan fingerprint density at radius 3 is 2.54 bits per heavy atom. The molecule has 2 aromatic rings. The predicted molar refractivity (Wildman–Crippen MR) is 111 cm³/mol. The highest BCUT2D eigenvalue weighted by molar-refractivity contribution is 9.10. The number of amides is 1. The van der Waals surface area contributed by atoms with Crippen LogP contribution in [0, 0.1) is 0 Å². The molecule has 1 aliphatic rings. The number of halogens is 1. The molecular weight excluding hydrogens is 444 g/mol. The van der Waals surface area contributed by atoms with Crippen LogP contribution < -0.4 is 4.72 Å². The summed E-state index contributed by atoms with van der Waals surface area (Å²) >= 11 is 3.41. The third-order valence-corrected chi connectivity index (χ3v) is 6.39. The lowest BCUT2D eigenvalue weighted by molar-refractivity contribution is -0.0228. The lowest BCUT2D eigenvalue weighted by Gasteiger charge is -2.33. The van der Waals surface area contributed by atoms with Crippen LogP contribution in [0.2, 0.25) is 0 Å². The standard InChI is InChI=1S/C20H21BrN2O4S/c1-2-11-22-28(25,26)18-9-5-16(6-10-18)20(24)23-12-13-27-19(14-23)15-3-7-17(21)8-4-15/h2-10,19,22H,1,11-14H2. The van der Waals surface area contributed by atoms with Gasteiger partial charge in [0.25, 0.3) is 5.91 Å². The van der Waals surface area contributed by atoms with Gasteiger partial charge < -0.3 is 9.64 Å². The maximum atomic E-state index is 12.8. The van der Waals surface area contributed by atoms with E-state index in [2.05, 4.69) is 27.2 Å². The Bertz CT molecular complexity index is 943. The fourth-order valence-electron chi connectivity index (χ4n) is 2.92. The van der Waals surface area contributed by atoms with E-state index in [1.807, 2.05) is 24.3 Å². The molecule has 1 unspecified atom stereocenters.